The van der Waals surface area contributed by atoms with E-state index < -0.39 is 5.97 Å². The highest BCUT2D eigenvalue weighted by atomic mass is 16.5. The lowest BCUT2D eigenvalue weighted by molar-refractivity contribution is -0.137. The first-order valence-electron chi connectivity index (χ1n) is 7.76. The van der Waals surface area contributed by atoms with Gasteiger partial charge in [0.15, 0.2) is 0 Å². The fraction of sp³-hybridized carbons (Fsp3) is 0.529. The van der Waals surface area contributed by atoms with Crippen LogP contribution in [0.15, 0.2) is 30.3 Å². The molecule has 0 saturated heterocycles. The molecule has 0 bridgehead atoms. The van der Waals surface area contributed by atoms with E-state index in [2.05, 4.69) is 19.2 Å². The molecule has 6 nitrogen and oxygen atoms in total. The summed E-state index contributed by atoms with van der Waals surface area (Å²) in [5, 5.41) is 11.6. The molecule has 0 aromatic heterocycles. The van der Waals surface area contributed by atoms with Crippen LogP contribution in [0.3, 0.4) is 0 Å². The maximum atomic E-state index is 12.1. The zero-order valence-corrected chi connectivity index (χ0v) is 13.8. The largest absolute Gasteiger partial charge is 0.490 e. The number of carbonyl (C=O) groups is 2. The predicted molar refractivity (Wildman–Crippen MR) is 86.5 cm³/mol. The molecule has 1 aliphatic rings. The summed E-state index contributed by atoms with van der Waals surface area (Å²) in [6.07, 6.45) is 0.720. The van der Waals surface area contributed by atoms with Crippen LogP contribution in [0.1, 0.15) is 26.7 Å². The minimum Gasteiger partial charge on any atom is -0.490 e. The van der Waals surface area contributed by atoms with Crippen molar-refractivity contribution in [3.63, 3.8) is 0 Å². The number of amides is 2. The lowest BCUT2D eigenvalue weighted by atomic mass is 9.64. The Morgan fingerprint density at radius 2 is 2.00 bits per heavy atom. The molecule has 2 amide bonds. The average molecular weight is 320 g/mol. The predicted octanol–water partition coefficient (Wildman–Crippen LogP) is 2.35. The van der Waals surface area contributed by atoms with Crippen molar-refractivity contribution in [1.82, 2.24) is 10.2 Å². The maximum absolute atomic E-state index is 12.1. The third-order valence-electron chi connectivity index (χ3n) is 4.50. The summed E-state index contributed by atoms with van der Waals surface area (Å²) < 4.78 is 5.97. The van der Waals surface area contributed by atoms with Crippen LogP contribution in [0.25, 0.3) is 0 Å². The van der Waals surface area contributed by atoms with E-state index in [0.29, 0.717) is 0 Å². The smallest absolute Gasteiger partial charge is 0.317 e. The van der Waals surface area contributed by atoms with Crippen LogP contribution in [-0.4, -0.2) is 47.7 Å². The number of carboxylic acid groups (broad SMARTS) is 1. The van der Waals surface area contributed by atoms with E-state index in [0.717, 1.165) is 12.2 Å². The van der Waals surface area contributed by atoms with Gasteiger partial charge in [0.2, 0.25) is 0 Å². The van der Waals surface area contributed by atoms with Gasteiger partial charge in [-0.2, -0.15) is 0 Å². The molecule has 2 N–H and O–H groups in total. The van der Waals surface area contributed by atoms with Gasteiger partial charge in [0.25, 0.3) is 0 Å². The molecule has 0 radical (unpaired) electrons. The van der Waals surface area contributed by atoms with Crippen molar-refractivity contribution in [2.75, 3.05) is 13.6 Å². The number of hydrogen-bond acceptors (Lipinski definition) is 3. The molecular weight excluding hydrogens is 296 g/mol. The van der Waals surface area contributed by atoms with Gasteiger partial charge < -0.3 is 20.1 Å². The number of nitrogens with zero attached hydrogens (tertiary/aromatic N) is 1. The van der Waals surface area contributed by atoms with Crippen molar-refractivity contribution in [1.29, 1.82) is 0 Å². The Bertz CT molecular complexity index is 559. The number of rotatable bonds is 6. The molecule has 0 unspecified atom stereocenters. The first-order chi connectivity index (χ1) is 10.8. The van der Waals surface area contributed by atoms with Crippen LogP contribution < -0.4 is 10.1 Å². The van der Waals surface area contributed by atoms with Crippen LogP contribution in [0.5, 0.6) is 5.75 Å². The Hall–Kier alpha value is -2.24. The van der Waals surface area contributed by atoms with Gasteiger partial charge in [-0.3, -0.25) is 4.79 Å². The topological polar surface area (TPSA) is 78.9 Å². The van der Waals surface area contributed by atoms with Crippen LogP contribution in [0.2, 0.25) is 0 Å². The first-order valence-corrected chi connectivity index (χ1v) is 7.76. The quantitative estimate of drug-likeness (QED) is 0.843. The summed E-state index contributed by atoms with van der Waals surface area (Å²) in [7, 11) is 1.60. The zero-order valence-electron chi connectivity index (χ0n) is 13.8. The molecule has 1 saturated carbocycles. The monoisotopic (exact) mass is 320 g/mol. The summed E-state index contributed by atoms with van der Waals surface area (Å²) in [6.45, 7) is 4.32. The van der Waals surface area contributed by atoms with Crippen molar-refractivity contribution in [3.8, 4) is 5.75 Å². The summed E-state index contributed by atoms with van der Waals surface area (Å²) in [6, 6.07) is 9.39. The van der Waals surface area contributed by atoms with Gasteiger partial charge in [-0.15, -0.1) is 0 Å². The molecule has 0 aliphatic heterocycles. The highest BCUT2D eigenvalue weighted by Gasteiger charge is 2.50. The second-order valence-corrected chi connectivity index (χ2v) is 6.54. The van der Waals surface area contributed by atoms with Gasteiger partial charge in [0.1, 0.15) is 11.9 Å². The number of aliphatic carboxylic acids is 1. The van der Waals surface area contributed by atoms with E-state index in [1.54, 1.807) is 7.05 Å². The van der Waals surface area contributed by atoms with Gasteiger partial charge in [-0.25, -0.2) is 4.79 Å². The SMILES string of the molecule is CN(CCC(=O)O)C(=O)N[C@H]1C[C@@H](Oc2ccccc2)C1(C)C. The van der Waals surface area contributed by atoms with Crippen molar-refractivity contribution < 1.29 is 19.4 Å². The molecule has 23 heavy (non-hydrogen) atoms. The number of nitrogens with one attached hydrogen (secondary N) is 1. The summed E-state index contributed by atoms with van der Waals surface area (Å²) in [4.78, 5) is 24.1. The molecule has 1 aromatic carbocycles. The Kier molecular flexibility index (Phi) is 5.13. The summed E-state index contributed by atoms with van der Waals surface area (Å²) in [5.41, 5.74) is -0.181. The molecule has 1 aliphatic carbocycles. The lowest BCUT2D eigenvalue weighted by Crippen LogP contribution is -2.64. The van der Waals surface area contributed by atoms with E-state index >= 15 is 0 Å². The van der Waals surface area contributed by atoms with E-state index in [1.807, 2.05) is 30.3 Å². The number of hydrogen-bond donors (Lipinski definition) is 2. The molecule has 1 aromatic rings. The molecule has 2 rings (SSSR count). The van der Waals surface area contributed by atoms with E-state index in [1.165, 1.54) is 4.90 Å². The molecule has 2 atom stereocenters. The average Bonchev–Trinajstić information content (AvgIpc) is 2.52. The minimum absolute atomic E-state index is 0.0102. The van der Waals surface area contributed by atoms with Crippen molar-refractivity contribution >= 4 is 12.0 Å². The maximum Gasteiger partial charge on any atom is 0.317 e. The summed E-state index contributed by atoms with van der Waals surface area (Å²) in [5.74, 6) is -0.0844. The van der Waals surface area contributed by atoms with Gasteiger partial charge in [-0.05, 0) is 12.1 Å². The number of carboxylic acids is 1. The third kappa shape index (κ3) is 4.15. The van der Waals surface area contributed by atoms with E-state index in [9.17, 15) is 9.59 Å². The lowest BCUT2D eigenvalue weighted by Gasteiger charge is -2.51. The van der Waals surface area contributed by atoms with Crippen molar-refractivity contribution in [2.45, 2.75) is 38.8 Å². The number of para-hydroxylation sites is 1. The van der Waals surface area contributed by atoms with Crippen LogP contribution in [0, 0.1) is 5.41 Å². The number of ether oxygens (including phenoxy) is 1. The fourth-order valence-electron chi connectivity index (χ4n) is 2.62. The van der Waals surface area contributed by atoms with Crippen molar-refractivity contribution in [2.24, 2.45) is 5.41 Å². The molecule has 126 valence electrons. The van der Waals surface area contributed by atoms with Crippen molar-refractivity contribution in [3.05, 3.63) is 30.3 Å². The molecule has 0 heterocycles. The summed E-state index contributed by atoms with van der Waals surface area (Å²) >= 11 is 0. The van der Waals surface area contributed by atoms with E-state index in [-0.39, 0.29) is 36.6 Å². The Labute approximate surface area is 136 Å². The molecule has 1 fully saturated rings. The Morgan fingerprint density at radius 1 is 1.35 bits per heavy atom. The number of urea groups is 1. The van der Waals surface area contributed by atoms with Gasteiger partial charge in [0.05, 0.1) is 6.42 Å². The van der Waals surface area contributed by atoms with Crippen LogP contribution in [0.4, 0.5) is 4.79 Å². The first kappa shape index (κ1) is 17.1. The second kappa shape index (κ2) is 6.89. The number of benzene rings is 1. The van der Waals surface area contributed by atoms with Gasteiger partial charge >= 0.3 is 12.0 Å². The van der Waals surface area contributed by atoms with Gasteiger partial charge in [0, 0.05) is 31.5 Å². The molecule has 6 heteroatoms. The zero-order chi connectivity index (χ0) is 17.0. The minimum atomic E-state index is -0.912. The van der Waals surface area contributed by atoms with Gasteiger partial charge in [-0.1, -0.05) is 32.0 Å². The highest BCUT2D eigenvalue weighted by Crippen LogP contribution is 2.43. The second-order valence-electron chi connectivity index (χ2n) is 6.54. The number of carbonyl (C=O) groups excluding carboxylic acids is 1. The third-order valence-corrected chi connectivity index (χ3v) is 4.50. The van der Waals surface area contributed by atoms with Crippen LogP contribution >= 0.6 is 0 Å². The molecule has 0 spiro atoms. The Morgan fingerprint density at radius 3 is 2.57 bits per heavy atom. The van der Waals surface area contributed by atoms with Crippen LogP contribution in [-0.2, 0) is 4.79 Å². The highest BCUT2D eigenvalue weighted by molar-refractivity contribution is 5.75. The normalized spacial score (nSPS) is 21.9. The standard InChI is InChI=1S/C17H24N2O4/c1-17(2)13(18-16(22)19(3)10-9-15(20)21)11-14(17)23-12-7-5-4-6-8-12/h4-8,13-14H,9-11H2,1-3H3,(H,18,22)(H,20,21)/t13-,14+/m0/s1. The molecular formula is C17H24N2O4. The fourth-order valence-corrected chi connectivity index (χ4v) is 2.62. The van der Waals surface area contributed by atoms with E-state index in [4.69, 9.17) is 9.84 Å². The Balaban J connectivity index is 1.84.